The fraction of sp³-hybridized carbons (Fsp3) is 0.875. The molecule has 132 valence electrons. The van der Waals surface area contributed by atoms with Gasteiger partial charge in [-0.2, -0.15) is 0 Å². The molecule has 2 atom stereocenters. The van der Waals surface area contributed by atoms with Crippen LogP contribution >= 0.6 is 0 Å². The summed E-state index contributed by atoms with van der Waals surface area (Å²) in [4.78, 5) is 25.6. The zero-order valence-corrected chi connectivity index (χ0v) is 14.2. The van der Waals surface area contributed by atoms with Crippen molar-refractivity contribution in [1.82, 2.24) is 4.90 Å². The Balaban J connectivity index is 2.02. The third-order valence-electron chi connectivity index (χ3n) is 4.82. The Hall–Kier alpha value is -1.18. The first-order chi connectivity index (χ1) is 11.0. The van der Waals surface area contributed by atoms with E-state index in [1.807, 2.05) is 6.92 Å². The maximum atomic E-state index is 12.1. The van der Waals surface area contributed by atoms with Gasteiger partial charge in [0.2, 0.25) is 0 Å². The first-order valence-electron chi connectivity index (χ1n) is 8.16. The van der Waals surface area contributed by atoms with E-state index in [9.17, 15) is 9.59 Å². The summed E-state index contributed by atoms with van der Waals surface area (Å²) in [5.41, 5.74) is 0. The molecule has 2 aliphatic rings. The molecule has 0 radical (unpaired) electrons. The van der Waals surface area contributed by atoms with Gasteiger partial charge in [-0.15, -0.1) is 0 Å². The van der Waals surface area contributed by atoms with Crippen LogP contribution in [-0.2, 0) is 28.5 Å². The summed E-state index contributed by atoms with van der Waals surface area (Å²) < 4.78 is 21.1. The Morgan fingerprint density at radius 3 is 2.57 bits per heavy atom. The highest BCUT2D eigenvalue weighted by Crippen LogP contribution is 2.35. The standard InChI is InChI=1S/C16H27NO6/c1-16(22-9-10-23-16)12-5-4-8-17(11-12)13(15(19)21-3)6-7-14(18)20-2/h12-13H,4-11H2,1-3H3/t12-,13+/m1/s1. The number of esters is 2. The predicted octanol–water partition coefficient (Wildman–Crippen LogP) is 0.956. The van der Waals surface area contributed by atoms with Crippen LogP contribution in [0.4, 0.5) is 0 Å². The molecule has 0 aromatic heterocycles. The summed E-state index contributed by atoms with van der Waals surface area (Å²) in [5, 5.41) is 0. The topological polar surface area (TPSA) is 74.3 Å². The lowest BCUT2D eigenvalue weighted by Crippen LogP contribution is -2.52. The van der Waals surface area contributed by atoms with Gasteiger partial charge in [-0.05, 0) is 32.7 Å². The van der Waals surface area contributed by atoms with Crippen molar-refractivity contribution < 1.29 is 28.5 Å². The Labute approximate surface area is 137 Å². The lowest BCUT2D eigenvalue weighted by atomic mass is 9.89. The summed E-state index contributed by atoms with van der Waals surface area (Å²) in [7, 11) is 2.72. The van der Waals surface area contributed by atoms with E-state index in [1.165, 1.54) is 14.2 Å². The Morgan fingerprint density at radius 2 is 1.96 bits per heavy atom. The van der Waals surface area contributed by atoms with Crippen LogP contribution in [-0.4, -0.2) is 69.2 Å². The summed E-state index contributed by atoms with van der Waals surface area (Å²) in [6.45, 7) is 4.67. The maximum absolute atomic E-state index is 12.1. The molecule has 2 saturated heterocycles. The highest BCUT2D eigenvalue weighted by molar-refractivity contribution is 5.77. The molecule has 0 saturated carbocycles. The molecule has 0 aliphatic carbocycles. The molecule has 2 heterocycles. The van der Waals surface area contributed by atoms with Crippen LogP contribution in [0.2, 0.25) is 0 Å². The molecule has 0 aromatic rings. The summed E-state index contributed by atoms with van der Waals surface area (Å²) in [5.74, 6) is -1.01. The first-order valence-corrected chi connectivity index (χ1v) is 8.16. The second-order valence-electron chi connectivity index (χ2n) is 6.20. The zero-order chi connectivity index (χ0) is 16.9. The second kappa shape index (κ2) is 8.08. The number of hydrogen-bond acceptors (Lipinski definition) is 7. The normalized spacial score (nSPS) is 25.8. The Kier molecular flexibility index (Phi) is 6.38. The number of carbonyl (C=O) groups is 2. The van der Waals surface area contributed by atoms with E-state index >= 15 is 0 Å². The minimum Gasteiger partial charge on any atom is -0.469 e. The van der Waals surface area contributed by atoms with Crippen molar-refractivity contribution in [3.05, 3.63) is 0 Å². The molecule has 0 N–H and O–H groups in total. The first kappa shape index (κ1) is 18.2. The SMILES string of the molecule is COC(=O)CC[C@@H](C(=O)OC)N1CCC[C@@H](C2(C)OCCO2)C1. The molecule has 2 aliphatic heterocycles. The molecule has 23 heavy (non-hydrogen) atoms. The monoisotopic (exact) mass is 329 g/mol. The molecular weight excluding hydrogens is 302 g/mol. The van der Waals surface area contributed by atoms with Crippen molar-refractivity contribution in [2.75, 3.05) is 40.5 Å². The Morgan fingerprint density at radius 1 is 1.26 bits per heavy atom. The molecule has 0 aromatic carbocycles. The van der Waals surface area contributed by atoms with Crippen molar-refractivity contribution in [2.24, 2.45) is 5.92 Å². The number of hydrogen-bond donors (Lipinski definition) is 0. The minimum atomic E-state index is -0.582. The number of methoxy groups -OCH3 is 2. The van der Waals surface area contributed by atoms with Crippen molar-refractivity contribution in [3.63, 3.8) is 0 Å². The van der Waals surface area contributed by atoms with E-state index in [-0.39, 0.29) is 24.3 Å². The average molecular weight is 329 g/mol. The van der Waals surface area contributed by atoms with Crippen LogP contribution in [0.3, 0.4) is 0 Å². The smallest absolute Gasteiger partial charge is 0.323 e. The lowest BCUT2D eigenvalue weighted by Gasteiger charge is -2.42. The number of nitrogens with zero attached hydrogens (tertiary/aromatic N) is 1. The van der Waals surface area contributed by atoms with Crippen molar-refractivity contribution >= 4 is 11.9 Å². The number of likely N-dealkylation sites (tertiary alicyclic amines) is 1. The molecule has 0 spiro atoms. The van der Waals surface area contributed by atoms with Crippen LogP contribution < -0.4 is 0 Å². The third-order valence-corrected chi connectivity index (χ3v) is 4.82. The number of ether oxygens (including phenoxy) is 4. The second-order valence-corrected chi connectivity index (χ2v) is 6.20. The zero-order valence-electron chi connectivity index (χ0n) is 14.2. The molecule has 7 heteroatoms. The van der Waals surface area contributed by atoms with Crippen LogP contribution in [0.5, 0.6) is 0 Å². The van der Waals surface area contributed by atoms with Gasteiger partial charge in [-0.25, -0.2) is 0 Å². The quantitative estimate of drug-likeness (QED) is 0.672. The van der Waals surface area contributed by atoms with Gasteiger partial charge in [0.05, 0.1) is 27.4 Å². The van der Waals surface area contributed by atoms with E-state index in [0.717, 1.165) is 19.4 Å². The number of piperidine rings is 1. The molecular formula is C16H27NO6. The van der Waals surface area contributed by atoms with E-state index in [0.29, 0.717) is 26.2 Å². The number of carbonyl (C=O) groups excluding carboxylic acids is 2. The van der Waals surface area contributed by atoms with Gasteiger partial charge in [0.25, 0.3) is 0 Å². The predicted molar refractivity (Wildman–Crippen MR) is 81.7 cm³/mol. The van der Waals surface area contributed by atoms with Gasteiger partial charge >= 0.3 is 11.9 Å². The molecule has 7 nitrogen and oxygen atoms in total. The van der Waals surface area contributed by atoms with Crippen molar-refractivity contribution in [2.45, 2.75) is 44.4 Å². The van der Waals surface area contributed by atoms with Gasteiger partial charge in [0, 0.05) is 18.9 Å². The maximum Gasteiger partial charge on any atom is 0.323 e. The van der Waals surface area contributed by atoms with Crippen molar-refractivity contribution in [1.29, 1.82) is 0 Å². The van der Waals surface area contributed by atoms with Crippen LogP contribution in [0, 0.1) is 5.92 Å². The Bertz CT molecular complexity index is 421. The third kappa shape index (κ3) is 4.43. The van der Waals surface area contributed by atoms with E-state index in [2.05, 4.69) is 9.64 Å². The van der Waals surface area contributed by atoms with Gasteiger partial charge < -0.3 is 18.9 Å². The molecule has 0 unspecified atom stereocenters. The van der Waals surface area contributed by atoms with Crippen LogP contribution in [0.1, 0.15) is 32.6 Å². The van der Waals surface area contributed by atoms with Gasteiger partial charge in [0.15, 0.2) is 5.79 Å². The number of rotatable bonds is 6. The summed E-state index contributed by atoms with van der Waals surface area (Å²) in [6.07, 6.45) is 2.54. The van der Waals surface area contributed by atoms with Crippen LogP contribution in [0.15, 0.2) is 0 Å². The van der Waals surface area contributed by atoms with Gasteiger partial charge in [-0.3, -0.25) is 14.5 Å². The average Bonchev–Trinajstić information content (AvgIpc) is 3.02. The molecule has 2 rings (SSSR count). The fourth-order valence-corrected chi connectivity index (χ4v) is 3.43. The minimum absolute atomic E-state index is 0.196. The van der Waals surface area contributed by atoms with Crippen molar-refractivity contribution in [3.8, 4) is 0 Å². The molecule has 0 amide bonds. The molecule has 2 fully saturated rings. The highest BCUT2D eigenvalue weighted by atomic mass is 16.7. The van der Waals surface area contributed by atoms with Gasteiger partial charge in [0.1, 0.15) is 6.04 Å². The highest BCUT2D eigenvalue weighted by Gasteiger charge is 2.43. The van der Waals surface area contributed by atoms with E-state index in [4.69, 9.17) is 14.2 Å². The van der Waals surface area contributed by atoms with E-state index in [1.54, 1.807) is 0 Å². The van der Waals surface area contributed by atoms with Crippen LogP contribution in [0.25, 0.3) is 0 Å². The summed E-state index contributed by atoms with van der Waals surface area (Å²) in [6, 6.07) is -0.438. The summed E-state index contributed by atoms with van der Waals surface area (Å²) >= 11 is 0. The van der Waals surface area contributed by atoms with Gasteiger partial charge in [-0.1, -0.05) is 0 Å². The fourth-order valence-electron chi connectivity index (χ4n) is 3.43. The largest absolute Gasteiger partial charge is 0.469 e. The lowest BCUT2D eigenvalue weighted by molar-refractivity contribution is -0.195. The van der Waals surface area contributed by atoms with E-state index < -0.39 is 11.8 Å². The molecule has 0 bridgehead atoms.